The van der Waals surface area contributed by atoms with Gasteiger partial charge in [0.05, 0.1) is 16.5 Å². The van der Waals surface area contributed by atoms with Crippen molar-refractivity contribution in [2.75, 3.05) is 24.2 Å². The van der Waals surface area contributed by atoms with E-state index in [1.54, 1.807) is 23.1 Å². The molecule has 3 rings (SSSR count). The van der Waals surface area contributed by atoms with Crippen molar-refractivity contribution in [3.63, 3.8) is 0 Å². The van der Waals surface area contributed by atoms with Crippen LogP contribution in [0.15, 0.2) is 53.4 Å². The van der Waals surface area contributed by atoms with E-state index in [1.807, 2.05) is 51.1 Å². The summed E-state index contributed by atoms with van der Waals surface area (Å²) in [5.41, 5.74) is 1.96. The second kappa shape index (κ2) is 9.84. The minimum Gasteiger partial charge on any atom is -0.444 e. The van der Waals surface area contributed by atoms with E-state index in [2.05, 4.69) is 11.0 Å². The Morgan fingerprint density at radius 3 is 2.33 bits per heavy atom. The van der Waals surface area contributed by atoms with Gasteiger partial charge in [-0.1, -0.05) is 12.1 Å². The molecule has 8 heteroatoms. The Kier molecular flexibility index (Phi) is 7.33. The third-order valence-corrected chi connectivity index (χ3v) is 6.69. The van der Waals surface area contributed by atoms with Gasteiger partial charge in [0.2, 0.25) is 0 Å². The van der Waals surface area contributed by atoms with Gasteiger partial charge in [0.15, 0.2) is 9.84 Å². The molecule has 1 heterocycles. The van der Waals surface area contributed by atoms with Gasteiger partial charge in [-0.25, -0.2) is 13.2 Å². The molecular weight excluding hydrogens is 438 g/mol. The first kappa shape index (κ1) is 24.6. The summed E-state index contributed by atoms with van der Waals surface area (Å²) in [6.45, 7) is 7.30. The summed E-state index contributed by atoms with van der Waals surface area (Å²) >= 11 is 0. The Hall–Kier alpha value is -3.05. The molecule has 0 aromatic heterocycles. The Labute approximate surface area is 196 Å². The van der Waals surface area contributed by atoms with Gasteiger partial charge >= 0.3 is 6.09 Å². The summed E-state index contributed by atoms with van der Waals surface area (Å²) in [6.07, 6.45) is 2.40. The molecule has 0 saturated carbocycles. The molecule has 0 aliphatic carbocycles. The van der Waals surface area contributed by atoms with E-state index in [1.165, 1.54) is 6.26 Å². The highest BCUT2D eigenvalue weighted by atomic mass is 32.2. The molecule has 0 bridgehead atoms. The Balaban J connectivity index is 1.82. The number of amides is 1. The van der Waals surface area contributed by atoms with Crippen molar-refractivity contribution in [2.24, 2.45) is 0 Å². The van der Waals surface area contributed by atoms with Gasteiger partial charge in [-0.3, -0.25) is 0 Å². The largest absolute Gasteiger partial charge is 0.444 e. The molecule has 176 valence electrons. The van der Waals surface area contributed by atoms with E-state index in [-0.39, 0.29) is 17.0 Å². The highest BCUT2D eigenvalue weighted by Gasteiger charge is 2.30. The number of nitrogens with zero attached hydrogens (tertiary/aromatic N) is 3. The van der Waals surface area contributed by atoms with Gasteiger partial charge in [0, 0.05) is 37.6 Å². The normalized spacial score (nSPS) is 15.1. The summed E-state index contributed by atoms with van der Waals surface area (Å²) in [5.74, 6) is 0. The SMILES string of the molecule is CC(C)(C)OC(=O)N1CCC(N(Cc2cccc(C#N)c2)c2ccc(S(C)(=O)=O)cc2)CC1. The number of anilines is 1. The van der Waals surface area contributed by atoms with Crippen LogP contribution in [0, 0.1) is 11.3 Å². The first-order valence-corrected chi connectivity index (χ1v) is 12.9. The van der Waals surface area contributed by atoms with Crippen LogP contribution in [0.25, 0.3) is 0 Å². The molecule has 0 N–H and O–H groups in total. The van der Waals surface area contributed by atoms with Gasteiger partial charge in [-0.15, -0.1) is 0 Å². The summed E-state index contributed by atoms with van der Waals surface area (Å²) in [5, 5.41) is 9.26. The molecule has 1 saturated heterocycles. The van der Waals surface area contributed by atoms with Crippen molar-refractivity contribution in [1.82, 2.24) is 4.90 Å². The zero-order valence-electron chi connectivity index (χ0n) is 19.6. The number of hydrogen-bond donors (Lipinski definition) is 0. The second-order valence-corrected chi connectivity index (χ2v) is 11.4. The van der Waals surface area contributed by atoms with Gasteiger partial charge in [0.25, 0.3) is 0 Å². The monoisotopic (exact) mass is 469 g/mol. The maximum Gasteiger partial charge on any atom is 0.410 e. The zero-order chi connectivity index (χ0) is 24.2. The van der Waals surface area contributed by atoms with Crippen LogP contribution in [0.4, 0.5) is 10.5 Å². The number of likely N-dealkylation sites (tertiary alicyclic amines) is 1. The molecule has 2 aromatic rings. The van der Waals surface area contributed by atoms with Crippen molar-refractivity contribution < 1.29 is 17.9 Å². The highest BCUT2D eigenvalue weighted by molar-refractivity contribution is 7.90. The summed E-state index contributed by atoms with van der Waals surface area (Å²) in [4.78, 5) is 16.7. The average molecular weight is 470 g/mol. The molecule has 7 nitrogen and oxygen atoms in total. The van der Waals surface area contributed by atoms with Crippen LogP contribution in [0.2, 0.25) is 0 Å². The topological polar surface area (TPSA) is 90.7 Å². The number of hydrogen-bond acceptors (Lipinski definition) is 6. The smallest absolute Gasteiger partial charge is 0.410 e. The lowest BCUT2D eigenvalue weighted by Gasteiger charge is -2.40. The van der Waals surface area contributed by atoms with Gasteiger partial charge in [0.1, 0.15) is 5.60 Å². The van der Waals surface area contributed by atoms with E-state index < -0.39 is 15.4 Å². The quantitative estimate of drug-likeness (QED) is 0.646. The predicted octanol–water partition coefficient (Wildman–Crippen LogP) is 4.37. The van der Waals surface area contributed by atoms with Crippen LogP contribution in [0.1, 0.15) is 44.7 Å². The van der Waals surface area contributed by atoms with E-state index in [0.29, 0.717) is 25.2 Å². The molecule has 1 aliphatic rings. The minimum atomic E-state index is -3.28. The molecular formula is C25H31N3O4S. The fraction of sp³-hybridized carbons (Fsp3) is 0.440. The lowest BCUT2D eigenvalue weighted by molar-refractivity contribution is 0.0204. The third-order valence-electron chi connectivity index (χ3n) is 5.56. The molecule has 2 aromatic carbocycles. The minimum absolute atomic E-state index is 0.151. The van der Waals surface area contributed by atoms with Gasteiger partial charge in [-0.2, -0.15) is 5.26 Å². The van der Waals surface area contributed by atoms with Crippen LogP contribution in [-0.2, 0) is 21.1 Å². The van der Waals surface area contributed by atoms with Crippen LogP contribution < -0.4 is 4.90 Å². The highest BCUT2D eigenvalue weighted by Crippen LogP contribution is 2.28. The van der Waals surface area contributed by atoms with Crippen molar-refractivity contribution >= 4 is 21.6 Å². The Morgan fingerprint density at radius 2 is 1.79 bits per heavy atom. The predicted molar refractivity (Wildman–Crippen MR) is 128 cm³/mol. The standard InChI is InChI=1S/C25H31N3O4S/c1-25(2,3)32-24(29)27-14-12-22(13-15-27)28(18-20-7-5-6-19(16-20)17-26)21-8-10-23(11-9-21)33(4,30)31/h5-11,16,22H,12-15,18H2,1-4H3. The number of nitriles is 1. The first-order valence-electron chi connectivity index (χ1n) is 11.0. The van der Waals surface area contributed by atoms with E-state index in [0.717, 1.165) is 24.1 Å². The van der Waals surface area contributed by atoms with E-state index >= 15 is 0 Å². The van der Waals surface area contributed by atoms with Crippen LogP contribution in [0.5, 0.6) is 0 Å². The number of carbonyl (C=O) groups is 1. The van der Waals surface area contributed by atoms with E-state index in [9.17, 15) is 18.5 Å². The number of piperidine rings is 1. The molecule has 1 amide bonds. The van der Waals surface area contributed by atoms with Gasteiger partial charge in [-0.05, 0) is 75.6 Å². The second-order valence-electron chi connectivity index (χ2n) is 9.40. The number of benzene rings is 2. The molecule has 0 radical (unpaired) electrons. The maximum atomic E-state index is 12.5. The molecule has 1 fully saturated rings. The van der Waals surface area contributed by atoms with Crippen molar-refractivity contribution in [2.45, 2.75) is 56.7 Å². The molecule has 0 atom stereocenters. The number of sulfone groups is 1. The van der Waals surface area contributed by atoms with Crippen molar-refractivity contribution in [3.8, 4) is 6.07 Å². The van der Waals surface area contributed by atoms with Crippen LogP contribution in [0.3, 0.4) is 0 Å². The van der Waals surface area contributed by atoms with Crippen LogP contribution in [-0.4, -0.2) is 50.4 Å². The van der Waals surface area contributed by atoms with E-state index in [4.69, 9.17) is 4.74 Å². The van der Waals surface area contributed by atoms with Gasteiger partial charge < -0.3 is 14.5 Å². The first-order chi connectivity index (χ1) is 15.5. The summed E-state index contributed by atoms with van der Waals surface area (Å²) in [7, 11) is -3.28. The number of ether oxygens (including phenoxy) is 1. The molecule has 1 aliphatic heterocycles. The Bertz CT molecular complexity index is 1120. The lowest BCUT2D eigenvalue weighted by Crippen LogP contribution is -2.48. The maximum absolute atomic E-state index is 12.5. The van der Waals surface area contributed by atoms with Crippen LogP contribution >= 0.6 is 0 Å². The number of rotatable bonds is 5. The average Bonchev–Trinajstić information content (AvgIpc) is 2.76. The Morgan fingerprint density at radius 1 is 1.15 bits per heavy atom. The summed E-state index contributed by atoms with van der Waals surface area (Å²) < 4.78 is 29.3. The van der Waals surface area contributed by atoms with Crippen molar-refractivity contribution in [1.29, 1.82) is 5.26 Å². The third kappa shape index (κ3) is 6.72. The number of carbonyl (C=O) groups excluding carboxylic acids is 1. The fourth-order valence-corrected chi connectivity index (χ4v) is 4.57. The molecule has 0 unspecified atom stereocenters. The fourth-order valence-electron chi connectivity index (χ4n) is 3.94. The van der Waals surface area contributed by atoms with Crippen molar-refractivity contribution in [3.05, 3.63) is 59.7 Å². The summed E-state index contributed by atoms with van der Waals surface area (Å²) in [6, 6.07) is 16.7. The lowest BCUT2D eigenvalue weighted by atomic mass is 10.0. The molecule has 0 spiro atoms. The zero-order valence-corrected chi connectivity index (χ0v) is 20.4. The molecule has 33 heavy (non-hydrogen) atoms.